The van der Waals surface area contributed by atoms with E-state index in [0.29, 0.717) is 24.5 Å². The van der Waals surface area contributed by atoms with Crippen LogP contribution >= 0.6 is 0 Å². The number of aromatic nitrogens is 2. The van der Waals surface area contributed by atoms with Crippen molar-refractivity contribution in [2.24, 2.45) is 0 Å². The molecule has 0 aromatic carbocycles. The third-order valence-electron chi connectivity index (χ3n) is 2.73. The molecule has 5 heteroatoms. The van der Waals surface area contributed by atoms with Crippen LogP contribution in [0.1, 0.15) is 23.0 Å². The third-order valence-corrected chi connectivity index (χ3v) is 2.73. The van der Waals surface area contributed by atoms with Crippen LogP contribution in [0.15, 0.2) is 36.8 Å². The summed E-state index contributed by atoms with van der Waals surface area (Å²) >= 11 is 0. The Morgan fingerprint density at radius 1 is 1.44 bits per heavy atom. The van der Waals surface area contributed by atoms with Gasteiger partial charge in [0.25, 0.3) is 5.91 Å². The van der Waals surface area contributed by atoms with Crippen LogP contribution in [0.25, 0.3) is 0 Å². The zero-order valence-corrected chi connectivity index (χ0v) is 10.3. The molecule has 2 heterocycles. The maximum atomic E-state index is 12.2. The second-order valence-electron chi connectivity index (χ2n) is 4.02. The lowest BCUT2D eigenvalue weighted by atomic mass is 10.2. The average Bonchev–Trinajstić information content (AvgIpc) is 2.83. The van der Waals surface area contributed by atoms with Gasteiger partial charge in [-0.2, -0.15) is 0 Å². The number of hydrogen-bond donors (Lipinski definition) is 2. The van der Waals surface area contributed by atoms with Crippen LogP contribution in [-0.2, 0) is 6.54 Å². The summed E-state index contributed by atoms with van der Waals surface area (Å²) < 4.78 is 0. The predicted molar refractivity (Wildman–Crippen MR) is 69.9 cm³/mol. The minimum absolute atomic E-state index is 0.0500. The molecule has 2 aromatic heterocycles. The van der Waals surface area contributed by atoms with E-state index in [1.54, 1.807) is 29.6 Å². The molecular formula is C13H16N4O. The summed E-state index contributed by atoms with van der Waals surface area (Å²) in [6.45, 7) is 3.16. The van der Waals surface area contributed by atoms with E-state index in [4.69, 9.17) is 5.73 Å². The van der Waals surface area contributed by atoms with Gasteiger partial charge in [0.2, 0.25) is 0 Å². The summed E-state index contributed by atoms with van der Waals surface area (Å²) in [5.74, 6) is -0.0500. The molecule has 0 aliphatic heterocycles. The number of carbonyl (C=O) groups excluding carboxylic acids is 1. The molecule has 3 N–H and O–H groups in total. The highest BCUT2D eigenvalue weighted by atomic mass is 16.2. The Morgan fingerprint density at radius 2 is 2.17 bits per heavy atom. The van der Waals surface area contributed by atoms with Crippen molar-refractivity contribution in [3.63, 3.8) is 0 Å². The lowest BCUT2D eigenvalue weighted by Crippen LogP contribution is -2.30. The van der Waals surface area contributed by atoms with Crippen LogP contribution in [0.4, 0.5) is 5.69 Å². The van der Waals surface area contributed by atoms with Crippen LogP contribution < -0.4 is 5.73 Å². The number of nitrogens with zero attached hydrogens (tertiary/aromatic N) is 2. The second-order valence-corrected chi connectivity index (χ2v) is 4.02. The first-order valence-corrected chi connectivity index (χ1v) is 5.82. The van der Waals surface area contributed by atoms with Gasteiger partial charge in [-0.15, -0.1) is 0 Å². The Hall–Kier alpha value is -2.30. The Kier molecular flexibility index (Phi) is 3.62. The number of nitrogen functional groups attached to an aromatic ring is 1. The van der Waals surface area contributed by atoms with Crippen LogP contribution in [0, 0.1) is 0 Å². The van der Waals surface area contributed by atoms with Crippen molar-refractivity contribution in [1.29, 1.82) is 0 Å². The summed E-state index contributed by atoms with van der Waals surface area (Å²) in [7, 11) is 0. The molecule has 0 aliphatic carbocycles. The van der Waals surface area contributed by atoms with Gasteiger partial charge in [0, 0.05) is 37.4 Å². The van der Waals surface area contributed by atoms with E-state index in [1.165, 1.54) is 0 Å². The number of anilines is 1. The van der Waals surface area contributed by atoms with Crippen LogP contribution in [0.3, 0.4) is 0 Å². The summed E-state index contributed by atoms with van der Waals surface area (Å²) in [4.78, 5) is 20.8. The number of pyridine rings is 1. The lowest BCUT2D eigenvalue weighted by molar-refractivity contribution is 0.0747. The molecule has 0 saturated carbocycles. The van der Waals surface area contributed by atoms with Crippen LogP contribution in [0.2, 0.25) is 0 Å². The van der Waals surface area contributed by atoms with Crippen molar-refractivity contribution in [3.8, 4) is 0 Å². The van der Waals surface area contributed by atoms with Crippen molar-refractivity contribution in [3.05, 3.63) is 48.0 Å². The molecule has 0 atom stereocenters. The molecular weight excluding hydrogens is 228 g/mol. The van der Waals surface area contributed by atoms with Crippen molar-refractivity contribution >= 4 is 11.6 Å². The molecule has 0 spiro atoms. The van der Waals surface area contributed by atoms with Gasteiger partial charge in [0.1, 0.15) is 5.69 Å². The number of amides is 1. The van der Waals surface area contributed by atoms with Gasteiger partial charge in [0.15, 0.2) is 0 Å². The highest BCUT2D eigenvalue weighted by Gasteiger charge is 2.15. The molecule has 2 aromatic rings. The van der Waals surface area contributed by atoms with E-state index in [9.17, 15) is 4.79 Å². The molecule has 0 unspecified atom stereocenters. The monoisotopic (exact) mass is 244 g/mol. The van der Waals surface area contributed by atoms with Crippen molar-refractivity contribution < 1.29 is 4.79 Å². The average molecular weight is 244 g/mol. The van der Waals surface area contributed by atoms with E-state index >= 15 is 0 Å². The summed E-state index contributed by atoms with van der Waals surface area (Å²) in [6, 6.07) is 5.45. The molecule has 0 fully saturated rings. The maximum Gasteiger partial charge on any atom is 0.270 e. The topological polar surface area (TPSA) is 75.0 Å². The Balaban J connectivity index is 2.12. The fourth-order valence-corrected chi connectivity index (χ4v) is 1.74. The standard InChI is InChI=1S/C13H16N4O/c1-2-17(9-10-3-5-15-6-4-10)13(18)12-7-11(14)8-16-12/h3-8,16H,2,9,14H2,1H3. The third kappa shape index (κ3) is 2.68. The Morgan fingerprint density at radius 3 is 2.72 bits per heavy atom. The molecule has 5 nitrogen and oxygen atoms in total. The number of nitrogens with two attached hydrogens (primary N) is 1. The van der Waals surface area contributed by atoms with Crippen molar-refractivity contribution in [2.45, 2.75) is 13.5 Å². The Bertz CT molecular complexity index is 521. The van der Waals surface area contributed by atoms with E-state index < -0.39 is 0 Å². The van der Waals surface area contributed by atoms with Gasteiger partial charge in [-0.25, -0.2) is 0 Å². The summed E-state index contributed by atoms with van der Waals surface area (Å²) in [5.41, 5.74) is 7.74. The molecule has 18 heavy (non-hydrogen) atoms. The van der Waals surface area contributed by atoms with E-state index in [-0.39, 0.29) is 5.91 Å². The zero-order chi connectivity index (χ0) is 13.0. The maximum absolute atomic E-state index is 12.2. The van der Waals surface area contributed by atoms with E-state index in [0.717, 1.165) is 5.56 Å². The lowest BCUT2D eigenvalue weighted by Gasteiger charge is -2.20. The highest BCUT2D eigenvalue weighted by molar-refractivity contribution is 5.93. The van der Waals surface area contributed by atoms with Gasteiger partial charge in [-0.3, -0.25) is 9.78 Å². The molecule has 2 rings (SSSR count). The first-order chi connectivity index (χ1) is 8.70. The predicted octanol–water partition coefficient (Wildman–Crippen LogP) is 1.65. The van der Waals surface area contributed by atoms with Crippen LogP contribution in [0.5, 0.6) is 0 Å². The molecule has 0 aliphatic rings. The van der Waals surface area contributed by atoms with Gasteiger partial charge in [-0.05, 0) is 30.7 Å². The zero-order valence-electron chi connectivity index (χ0n) is 10.3. The normalized spacial score (nSPS) is 10.3. The van der Waals surface area contributed by atoms with Gasteiger partial charge < -0.3 is 15.6 Å². The largest absolute Gasteiger partial charge is 0.397 e. The fourth-order valence-electron chi connectivity index (χ4n) is 1.74. The highest BCUT2D eigenvalue weighted by Crippen LogP contribution is 2.11. The number of hydrogen-bond acceptors (Lipinski definition) is 3. The number of carbonyl (C=O) groups is 1. The Labute approximate surface area is 106 Å². The number of nitrogens with one attached hydrogen (secondary N) is 1. The fraction of sp³-hybridized carbons (Fsp3) is 0.231. The second kappa shape index (κ2) is 5.35. The first kappa shape index (κ1) is 12.2. The number of rotatable bonds is 4. The van der Waals surface area contributed by atoms with Gasteiger partial charge in [-0.1, -0.05) is 0 Å². The molecule has 1 amide bonds. The smallest absolute Gasteiger partial charge is 0.270 e. The van der Waals surface area contributed by atoms with Gasteiger partial charge in [0.05, 0.1) is 0 Å². The number of H-pyrrole nitrogens is 1. The molecule has 94 valence electrons. The first-order valence-electron chi connectivity index (χ1n) is 5.82. The minimum atomic E-state index is -0.0500. The van der Waals surface area contributed by atoms with Crippen molar-refractivity contribution in [2.75, 3.05) is 12.3 Å². The van der Waals surface area contributed by atoms with E-state index in [2.05, 4.69) is 9.97 Å². The number of aromatic amines is 1. The quantitative estimate of drug-likeness (QED) is 0.858. The van der Waals surface area contributed by atoms with Gasteiger partial charge >= 0.3 is 0 Å². The summed E-state index contributed by atoms with van der Waals surface area (Å²) in [6.07, 6.45) is 5.06. The molecule has 0 radical (unpaired) electrons. The van der Waals surface area contributed by atoms with Crippen molar-refractivity contribution in [1.82, 2.24) is 14.9 Å². The summed E-state index contributed by atoms with van der Waals surface area (Å²) in [5, 5.41) is 0. The minimum Gasteiger partial charge on any atom is -0.397 e. The SMILES string of the molecule is CCN(Cc1ccncc1)C(=O)c1cc(N)c[nH]1. The molecule has 0 bridgehead atoms. The van der Waals surface area contributed by atoms with E-state index in [1.807, 2.05) is 19.1 Å². The van der Waals surface area contributed by atoms with Crippen LogP contribution in [-0.4, -0.2) is 27.3 Å². The molecule has 0 saturated heterocycles.